The van der Waals surface area contributed by atoms with E-state index in [1.54, 1.807) is 30.6 Å². The van der Waals surface area contributed by atoms with Crippen LogP contribution in [0.5, 0.6) is 0 Å². The maximum Gasteiger partial charge on any atom is 0.419 e. The number of alkyl halides is 3. The normalized spacial score (nSPS) is 21.7. The Bertz CT molecular complexity index is 862. The predicted molar refractivity (Wildman–Crippen MR) is 113 cm³/mol. The highest BCUT2D eigenvalue weighted by Crippen LogP contribution is 2.29. The van der Waals surface area contributed by atoms with Crippen LogP contribution in [-0.2, 0) is 20.4 Å². The maximum atomic E-state index is 13.1. The van der Waals surface area contributed by atoms with Gasteiger partial charge in [-0.15, -0.1) is 0 Å². The summed E-state index contributed by atoms with van der Waals surface area (Å²) in [7, 11) is 0. The summed E-state index contributed by atoms with van der Waals surface area (Å²) in [5.41, 5.74) is -2.30. The van der Waals surface area contributed by atoms with E-state index in [1.807, 2.05) is 13.8 Å². The monoisotopic (exact) mass is 473 g/mol. The first-order valence-corrected chi connectivity index (χ1v) is 10.7. The summed E-state index contributed by atoms with van der Waals surface area (Å²) in [5.74, 6) is -0.0643. The molecule has 2 saturated heterocycles. The number of carbonyl (C=O) groups is 2. The molecule has 2 fully saturated rings. The minimum Gasteiger partial charge on any atom is -0.444 e. The van der Waals surface area contributed by atoms with E-state index in [2.05, 4.69) is 9.97 Å². The molecular weight excluding hydrogens is 443 g/mol. The summed E-state index contributed by atoms with van der Waals surface area (Å²) in [6.45, 7) is 10.7. The minimum absolute atomic E-state index is 0.0827. The van der Waals surface area contributed by atoms with Crippen LogP contribution in [0, 0.1) is 0 Å². The molecular formula is C21H30F3N5O4. The van der Waals surface area contributed by atoms with E-state index in [4.69, 9.17) is 9.47 Å². The van der Waals surface area contributed by atoms with Gasteiger partial charge in [-0.1, -0.05) is 0 Å². The van der Waals surface area contributed by atoms with Gasteiger partial charge in [-0.25, -0.2) is 14.8 Å². The van der Waals surface area contributed by atoms with Crippen LogP contribution < -0.4 is 4.90 Å². The van der Waals surface area contributed by atoms with Crippen LogP contribution in [0.1, 0.15) is 40.2 Å². The number of morpholine rings is 1. The number of carbonyl (C=O) groups excluding carboxylic acids is 2. The lowest BCUT2D eigenvalue weighted by atomic mass is 10.0. The van der Waals surface area contributed by atoms with Gasteiger partial charge in [-0.2, -0.15) is 13.2 Å². The molecule has 0 radical (unpaired) electrons. The van der Waals surface area contributed by atoms with Crippen molar-refractivity contribution < 1.29 is 32.2 Å². The number of amides is 2. The van der Waals surface area contributed by atoms with Crippen LogP contribution in [0.3, 0.4) is 0 Å². The zero-order chi connectivity index (χ0) is 24.6. The predicted octanol–water partition coefficient (Wildman–Crippen LogP) is 2.56. The Morgan fingerprint density at radius 1 is 1.06 bits per heavy atom. The third kappa shape index (κ3) is 6.46. The number of hydrogen-bond acceptors (Lipinski definition) is 7. The van der Waals surface area contributed by atoms with Crippen LogP contribution >= 0.6 is 0 Å². The van der Waals surface area contributed by atoms with Gasteiger partial charge in [0.2, 0.25) is 5.95 Å². The number of anilines is 1. The summed E-state index contributed by atoms with van der Waals surface area (Å²) in [6, 6.07) is 0. The van der Waals surface area contributed by atoms with Crippen molar-refractivity contribution in [1.82, 2.24) is 19.8 Å². The molecule has 0 N–H and O–H groups in total. The van der Waals surface area contributed by atoms with Crippen LogP contribution in [-0.4, -0.2) is 88.3 Å². The van der Waals surface area contributed by atoms with E-state index in [0.717, 1.165) is 12.4 Å². The third-order valence-electron chi connectivity index (χ3n) is 5.19. The van der Waals surface area contributed by atoms with Crippen molar-refractivity contribution in [1.29, 1.82) is 0 Å². The van der Waals surface area contributed by atoms with Crippen molar-refractivity contribution in [2.45, 2.75) is 58.1 Å². The number of ether oxygens (including phenoxy) is 2. The Hall–Kier alpha value is -2.63. The first-order valence-electron chi connectivity index (χ1n) is 10.7. The van der Waals surface area contributed by atoms with Gasteiger partial charge in [0.05, 0.1) is 24.3 Å². The molecule has 12 heteroatoms. The van der Waals surface area contributed by atoms with E-state index in [0.29, 0.717) is 32.7 Å². The zero-order valence-electron chi connectivity index (χ0n) is 19.5. The first kappa shape index (κ1) is 25.0. The van der Waals surface area contributed by atoms with Gasteiger partial charge >= 0.3 is 12.3 Å². The average Bonchev–Trinajstić information content (AvgIpc) is 2.70. The quantitative estimate of drug-likeness (QED) is 0.652. The molecule has 0 bridgehead atoms. The second kappa shape index (κ2) is 8.96. The maximum absolute atomic E-state index is 13.1. The third-order valence-corrected chi connectivity index (χ3v) is 5.19. The van der Waals surface area contributed by atoms with Crippen molar-refractivity contribution in [3.63, 3.8) is 0 Å². The number of nitrogens with zero attached hydrogens (tertiary/aromatic N) is 5. The molecule has 1 aromatic rings. The van der Waals surface area contributed by atoms with Crippen molar-refractivity contribution in [3.05, 3.63) is 18.0 Å². The van der Waals surface area contributed by atoms with E-state index in [-0.39, 0.29) is 18.4 Å². The molecule has 0 aromatic carbocycles. The standard InChI is InChI=1S/C21H30F3N5O4/c1-19(2,3)33-18(31)29-12-15(32-20(4,5)13-29)16(30)27-6-8-28(9-7-27)17-25-10-14(11-26-17)21(22,23)24/h10-11,15H,6-9,12-13H2,1-5H3/t15-/m0/s1. The molecule has 2 aliphatic heterocycles. The number of piperazine rings is 1. The molecule has 2 aliphatic rings. The number of rotatable bonds is 2. The highest BCUT2D eigenvalue weighted by atomic mass is 19.4. The topological polar surface area (TPSA) is 88.1 Å². The number of aromatic nitrogens is 2. The van der Waals surface area contributed by atoms with Gasteiger partial charge in [0.1, 0.15) is 5.60 Å². The van der Waals surface area contributed by atoms with Gasteiger partial charge in [-0.05, 0) is 34.6 Å². The molecule has 9 nitrogen and oxygen atoms in total. The van der Waals surface area contributed by atoms with E-state index >= 15 is 0 Å². The lowest BCUT2D eigenvalue weighted by Crippen LogP contribution is -2.61. The Morgan fingerprint density at radius 3 is 2.15 bits per heavy atom. The molecule has 0 spiro atoms. The average molecular weight is 473 g/mol. The molecule has 0 saturated carbocycles. The lowest BCUT2D eigenvalue weighted by molar-refractivity contribution is -0.170. The summed E-state index contributed by atoms with van der Waals surface area (Å²) in [5, 5.41) is 0. The minimum atomic E-state index is -4.50. The summed E-state index contributed by atoms with van der Waals surface area (Å²) in [4.78, 5) is 38.2. The van der Waals surface area contributed by atoms with Crippen molar-refractivity contribution >= 4 is 17.9 Å². The van der Waals surface area contributed by atoms with Gasteiger partial charge < -0.3 is 24.2 Å². The Labute approximate surface area is 190 Å². The molecule has 33 heavy (non-hydrogen) atoms. The summed E-state index contributed by atoms with van der Waals surface area (Å²) in [6.07, 6.45) is -4.33. The second-order valence-corrected chi connectivity index (χ2v) is 9.81. The van der Waals surface area contributed by atoms with Crippen molar-refractivity contribution in [3.8, 4) is 0 Å². The van der Waals surface area contributed by atoms with E-state index in [9.17, 15) is 22.8 Å². The molecule has 1 atom stereocenters. The molecule has 0 aliphatic carbocycles. The fourth-order valence-electron chi connectivity index (χ4n) is 3.74. The zero-order valence-corrected chi connectivity index (χ0v) is 19.5. The molecule has 3 heterocycles. The molecule has 1 aromatic heterocycles. The van der Waals surface area contributed by atoms with Crippen LogP contribution in [0.2, 0.25) is 0 Å². The molecule has 2 amide bonds. The van der Waals surface area contributed by atoms with Gasteiger partial charge in [0.15, 0.2) is 6.10 Å². The smallest absolute Gasteiger partial charge is 0.419 e. The van der Waals surface area contributed by atoms with Crippen LogP contribution in [0.15, 0.2) is 12.4 Å². The largest absolute Gasteiger partial charge is 0.444 e. The van der Waals surface area contributed by atoms with Crippen LogP contribution in [0.4, 0.5) is 23.9 Å². The Balaban J connectivity index is 1.60. The number of halogens is 3. The SMILES string of the molecule is CC(C)(C)OC(=O)N1C[C@@H](C(=O)N2CCN(c3ncc(C(F)(F)F)cn3)CC2)OC(C)(C)C1. The van der Waals surface area contributed by atoms with Gasteiger partial charge in [0.25, 0.3) is 5.91 Å². The molecule has 3 rings (SSSR count). The fourth-order valence-corrected chi connectivity index (χ4v) is 3.74. The highest BCUT2D eigenvalue weighted by molar-refractivity contribution is 5.82. The first-order chi connectivity index (χ1) is 15.1. The molecule has 0 unspecified atom stereocenters. The summed E-state index contributed by atoms with van der Waals surface area (Å²) >= 11 is 0. The Morgan fingerprint density at radius 2 is 1.64 bits per heavy atom. The second-order valence-electron chi connectivity index (χ2n) is 9.81. The van der Waals surface area contributed by atoms with Gasteiger partial charge in [-0.3, -0.25) is 4.79 Å². The Kier molecular flexibility index (Phi) is 6.79. The van der Waals surface area contributed by atoms with Gasteiger partial charge in [0, 0.05) is 38.6 Å². The number of hydrogen-bond donors (Lipinski definition) is 0. The van der Waals surface area contributed by atoms with Crippen molar-refractivity contribution in [2.75, 3.05) is 44.2 Å². The van der Waals surface area contributed by atoms with E-state index < -0.39 is 35.1 Å². The van der Waals surface area contributed by atoms with Crippen molar-refractivity contribution in [2.24, 2.45) is 0 Å². The van der Waals surface area contributed by atoms with E-state index in [1.165, 1.54) is 4.90 Å². The summed E-state index contributed by atoms with van der Waals surface area (Å²) < 4.78 is 49.6. The fraction of sp³-hybridized carbons (Fsp3) is 0.714. The highest BCUT2D eigenvalue weighted by Gasteiger charge is 2.42. The molecule has 184 valence electrons. The lowest BCUT2D eigenvalue weighted by Gasteiger charge is -2.44. The van der Waals surface area contributed by atoms with Crippen LogP contribution in [0.25, 0.3) is 0 Å².